The number of halogens is 1. The van der Waals surface area contributed by atoms with E-state index in [1.165, 1.54) is 10.9 Å². The largest absolute Gasteiger partial charge is 0.385 e. The van der Waals surface area contributed by atoms with Gasteiger partial charge in [-0.1, -0.05) is 28.9 Å². The Morgan fingerprint density at radius 2 is 2.12 bits per heavy atom. The Balaban J connectivity index is 1.86. The molecule has 3 aromatic rings. The molecule has 3 rings (SSSR count). The molecule has 0 bridgehead atoms. The van der Waals surface area contributed by atoms with Crippen LogP contribution in [0.2, 0.25) is 5.02 Å². The minimum atomic E-state index is -0.395. The number of benzene rings is 1. The Kier molecular flexibility index (Phi) is 5.65. The highest BCUT2D eigenvalue weighted by molar-refractivity contribution is 6.30. The van der Waals surface area contributed by atoms with Crippen molar-refractivity contribution < 1.29 is 14.1 Å². The third-order valence-corrected chi connectivity index (χ3v) is 3.99. The molecule has 0 saturated carbocycles. The van der Waals surface area contributed by atoms with Crippen molar-refractivity contribution in [1.29, 1.82) is 0 Å². The van der Waals surface area contributed by atoms with Gasteiger partial charge in [-0.3, -0.25) is 14.2 Å². The Bertz CT molecular complexity index is 965. The van der Waals surface area contributed by atoms with E-state index in [-0.39, 0.29) is 23.6 Å². The number of nitrogens with one attached hydrogen (secondary N) is 1. The van der Waals surface area contributed by atoms with Gasteiger partial charge < -0.3 is 14.6 Å². The van der Waals surface area contributed by atoms with Crippen molar-refractivity contribution in [3.05, 3.63) is 46.0 Å². The fourth-order valence-electron chi connectivity index (χ4n) is 2.45. The molecule has 0 saturated heterocycles. The molecule has 9 heteroatoms. The maximum atomic E-state index is 12.8. The number of ether oxygens (including phenoxy) is 1. The lowest BCUT2D eigenvalue weighted by molar-refractivity contribution is -0.121. The highest BCUT2D eigenvalue weighted by atomic mass is 35.5. The van der Waals surface area contributed by atoms with Crippen LogP contribution in [0.5, 0.6) is 0 Å². The summed E-state index contributed by atoms with van der Waals surface area (Å²) in [4.78, 5) is 28.8. The monoisotopic (exact) mass is 376 g/mol. The zero-order chi connectivity index (χ0) is 18.5. The number of amides is 1. The van der Waals surface area contributed by atoms with Gasteiger partial charge in [0.1, 0.15) is 24.0 Å². The molecule has 2 aromatic heterocycles. The number of hydrogen-bond donors (Lipinski definition) is 1. The molecule has 0 fully saturated rings. The standard InChI is InChI=1S/C17H17ClN4O4/c1-25-8-2-7-19-13(23)9-22-10-20-16-14(17(22)24)15(21-26-16)11-3-5-12(18)6-4-11/h3-6,10H,2,7-9H2,1H3,(H,19,23). The molecule has 0 aliphatic carbocycles. The van der Waals surface area contributed by atoms with Gasteiger partial charge >= 0.3 is 0 Å². The van der Waals surface area contributed by atoms with Gasteiger partial charge in [-0.05, 0) is 18.6 Å². The van der Waals surface area contributed by atoms with E-state index in [0.717, 1.165) is 0 Å². The summed E-state index contributed by atoms with van der Waals surface area (Å²) in [7, 11) is 1.60. The fraction of sp³-hybridized carbons (Fsp3) is 0.294. The van der Waals surface area contributed by atoms with Crippen molar-refractivity contribution in [2.45, 2.75) is 13.0 Å². The van der Waals surface area contributed by atoms with Gasteiger partial charge in [0, 0.05) is 30.8 Å². The molecule has 0 radical (unpaired) electrons. The first kappa shape index (κ1) is 18.1. The molecule has 1 N–H and O–H groups in total. The molecule has 2 heterocycles. The average Bonchev–Trinajstić information content (AvgIpc) is 3.07. The molecule has 0 aliphatic heterocycles. The van der Waals surface area contributed by atoms with E-state index in [1.807, 2.05) is 0 Å². The molecule has 136 valence electrons. The van der Waals surface area contributed by atoms with Gasteiger partial charge in [-0.15, -0.1) is 0 Å². The highest BCUT2D eigenvalue weighted by Crippen LogP contribution is 2.25. The van der Waals surface area contributed by atoms with E-state index in [0.29, 0.717) is 35.9 Å². The van der Waals surface area contributed by atoms with E-state index >= 15 is 0 Å². The predicted octanol–water partition coefficient (Wildman–Crippen LogP) is 1.86. The van der Waals surface area contributed by atoms with Crippen molar-refractivity contribution in [2.24, 2.45) is 0 Å². The second-order valence-corrected chi connectivity index (χ2v) is 6.03. The Labute approximate surface area is 153 Å². The van der Waals surface area contributed by atoms with Crippen LogP contribution in [0.4, 0.5) is 0 Å². The summed E-state index contributed by atoms with van der Waals surface area (Å²) in [5, 5.41) is 7.46. The van der Waals surface area contributed by atoms with Crippen LogP contribution in [0.1, 0.15) is 6.42 Å². The zero-order valence-corrected chi connectivity index (χ0v) is 14.8. The second kappa shape index (κ2) is 8.11. The Morgan fingerprint density at radius 3 is 2.85 bits per heavy atom. The number of hydrogen-bond acceptors (Lipinski definition) is 6. The van der Waals surface area contributed by atoms with Crippen LogP contribution in [0.15, 0.2) is 39.9 Å². The van der Waals surface area contributed by atoms with Gasteiger partial charge in [0.15, 0.2) is 0 Å². The number of nitrogens with zero attached hydrogens (tertiary/aromatic N) is 3. The van der Waals surface area contributed by atoms with Crippen molar-refractivity contribution in [2.75, 3.05) is 20.3 Å². The van der Waals surface area contributed by atoms with Gasteiger partial charge in [0.05, 0.1) is 0 Å². The van der Waals surface area contributed by atoms with Crippen LogP contribution in [-0.4, -0.2) is 40.9 Å². The molecule has 1 aromatic carbocycles. The lowest BCUT2D eigenvalue weighted by Crippen LogP contribution is -2.33. The maximum Gasteiger partial charge on any atom is 0.267 e. The summed E-state index contributed by atoms with van der Waals surface area (Å²) < 4.78 is 11.3. The van der Waals surface area contributed by atoms with E-state index in [9.17, 15) is 9.59 Å². The van der Waals surface area contributed by atoms with Gasteiger partial charge in [0.2, 0.25) is 5.91 Å². The normalized spacial score (nSPS) is 11.0. The maximum absolute atomic E-state index is 12.8. The first-order valence-electron chi connectivity index (χ1n) is 7.96. The van der Waals surface area contributed by atoms with E-state index in [4.69, 9.17) is 20.9 Å². The Hall–Kier alpha value is -2.71. The smallest absolute Gasteiger partial charge is 0.267 e. The molecule has 0 aliphatic rings. The van der Waals surface area contributed by atoms with Crippen LogP contribution in [-0.2, 0) is 16.1 Å². The topological polar surface area (TPSA) is 99.2 Å². The van der Waals surface area contributed by atoms with Crippen molar-refractivity contribution in [1.82, 2.24) is 20.0 Å². The first-order valence-corrected chi connectivity index (χ1v) is 8.34. The third kappa shape index (κ3) is 3.92. The average molecular weight is 377 g/mol. The number of carbonyl (C=O) groups excluding carboxylic acids is 1. The molecule has 1 amide bonds. The van der Waals surface area contributed by atoms with Crippen LogP contribution in [0.25, 0.3) is 22.4 Å². The number of rotatable bonds is 7. The highest BCUT2D eigenvalue weighted by Gasteiger charge is 2.17. The molecule has 8 nitrogen and oxygen atoms in total. The number of aromatic nitrogens is 3. The fourth-order valence-corrected chi connectivity index (χ4v) is 2.58. The first-order chi connectivity index (χ1) is 12.6. The zero-order valence-electron chi connectivity index (χ0n) is 14.1. The lowest BCUT2D eigenvalue weighted by Gasteiger charge is -2.06. The molecule has 26 heavy (non-hydrogen) atoms. The quantitative estimate of drug-likeness (QED) is 0.632. The summed E-state index contributed by atoms with van der Waals surface area (Å²) in [5.41, 5.74) is 0.766. The van der Waals surface area contributed by atoms with Gasteiger partial charge in [0.25, 0.3) is 11.3 Å². The van der Waals surface area contributed by atoms with Crippen molar-refractivity contribution in [3.63, 3.8) is 0 Å². The molecule has 0 spiro atoms. The van der Waals surface area contributed by atoms with E-state index < -0.39 is 5.56 Å². The summed E-state index contributed by atoms with van der Waals surface area (Å²) in [6.45, 7) is 0.888. The van der Waals surface area contributed by atoms with Gasteiger partial charge in [-0.2, -0.15) is 0 Å². The van der Waals surface area contributed by atoms with Crippen LogP contribution in [0, 0.1) is 0 Å². The SMILES string of the molecule is COCCCNC(=O)Cn1cnc2onc(-c3ccc(Cl)cc3)c2c1=O. The summed E-state index contributed by atoms with van der Waals surface area (Å²) in [6, 6.07) is 6.86. The summed E-state index contributed by atoms with van der Waals surface area (Å²) in [5.74, 6) is -0.283. The van der Waals surface area contributed by atoms with E-state index in [1.54, 1.807) is 31.4 Å². The van der Waals surface area contributed by atoms with Crippen molar-refractivity contribution in [3.8, 4) is 11.3 Å². The number of fused-ring (bicyclic) bond motifs is 1. The van der Waals surface area contributed by atoms with E-state index in [2.05, 4.69) is 15.5 Å². The lowest BCUT2D eigenvalue weighted by atomic mass is 10.1. The third-order valence-electron chi connectivity index (χ3n) is 3.74. The number of methoxy groups -OCH3 is 1. The predicted molar refractivity (Wildman–Crippen MR) is 96.0 cm³/mol. The van der Waals surface area contributed by atoms with Crippen LogP contribution < -0.4 is 10.9 Å². The van der Waals surface area contributed by atoms with Gasteiger partial charge in [-0.25, -0.2) is 4.98 Å². The minimum Gasteiger partial charge on any atom is -0.385 e. The molecule has 0 unspecified atom stereocenters. The van der Waals surface area contributed by atoms with Crippen molar-refractivity contribution >= 4 is 28.6 Å². The molecular formula is C17H17ClN4O4. The molecular weight excluding hydrogens is 360 g/mol. The summed E-state index contributed by atoms with van der Waals surface area (Å²) in [6.07, 6.45) is 1.97. The minimum absolute atomic E-state index is 0.122. The Morgan fingerprint density at radius 1 is 1.35 bits per heavy atom. The van der Waals surface area contributed by atoms with Crippen LogP contribution in [0.3, 0.4) is 0 Å². The summed E-state index contributed by atoms with van der Waals surface area (Å²) >= 11 is 5.89. The van der Waals surface area contributed by atoms with Crippen LogP contribution >= 0.6 is 11.6 Å². The molecule has 0 atom stereocenters. The second-order valence-electron chi connectivity index (χ2n) is 5.59. The number of carbonyl (C=O) groups is 1.